The molecule has 3 aromatic rings. The van der Waals surface area contributed by atoms with Gasteiger partial charge in [-0.2, -0.15) is 5.10 Å². The molecule has 0 fully saturated rings. The fourth-order valence-electron chi connectivity index (χ4n) is 2.95. The molecular formula is C21H19ClIN3O2. The van der Waals surface area contributed by atoms with Crippen LogP contribution in [-0.4, -0.2) is 23.8 Å². The van der Waals surface area contributed by atoms with Crippen LogP contribution in [0.5, 0.6) is 5.75 Å². The van der Waals surface area contributed by atoms with Gasteiger partial charge in [-0.3, -0.25) is 4.79 Å². The van der Waals surface area contributed by atoms with Crippen LogP contribution in [0.2, 0.25) is 5.02 Å². The van der Waals surface area contributed by atoms with Crippen molar-refractivity contribution in [2.75, 3.05) is 7.11 Å². The minimum atomic E-state index is -0.252. The first-order valence-electron chi connectivity index (χ1n) is 8.52. The van der Waals surface area contributed by atoms with E-state index in [-0.39, 0.29) is 5.91 Å². The maximum atomic E-state index is 12.2. The molecule has 0 aliphatic heterocycles. The fraction of sp³-hybridized carbons (Fsp3) is 0.143. The molecule has 3 rings (SSSR count). The highest BCUT2D eigenvalue weighted by molar-refractivity contribution is 14.1. The van der Waals surface area contributed by atoms with Crippen LogP contribution in [0.4, 0.5) is 0 Å². The molecule has 0 saturated carbocycles. The maximum absolute atomic E-state index is 12.2. The van der Waals surface area contributed by atoms with Gasteiger partial charge in [0.1, 0.15) is 5.75 Å². The molecule has 144 valence electrons. The number of hydrogen-bond donors (Lipinski definition) is 1. The van der Waals surface area contributed by atoms with Crippen LogP contribution in [0.25, 0.3) is 5.69 Å². The van der Waals surface area contributed by atoms with E-state index in [4.69, 9.17) is 16.3 Å². The highest BCUT2D eigenvalue weighted by atomic mass is 127. The molecule has 2 aromatic carbocycles. The van der Waals surface area contributed by atoms with Crippen LogP contribution >= 0.6 is 34.2 Å². The summed E-state index contributed by atoms with van der Waals surface area (Å²) in [5, 5.41) is 4.74. The lowest BCUT2D eigenvalue weighted by Crippen LogP contribution is -2.17. The molecule has 0 radical (unpaired) electrons. The van der Waals surface area contributed by atoms with Gasteiger partial charge in [-0.25, -0.2) is 5.43 Å². The molecule has 5 nitrogen and oxygen atoms in total. The van der Waals surface area contributed by atoms with E-state index >= 15 is 0 Å². The van der Waals surface area contributed by atoms with Crippen LogP contribution in [0.15, 0.2) is 53.6 Å². The number of aromatic nitrogens is 1. The van der Waals surface area contributed by atoms with Crippen molar-refractivity contribution in [3.05, 3.63) is 79.6 Å². The number of carbonyl (C=O) groups excluding carboxylic acids is 1. The Morgan fingerprint density at radius 3 is 2.57 bits per heavy atom. The molecule has 0 spiro atoms. The van der Waals surface area contributed by atoms with Crippen molar-refractivity contribution in [3.8, 4) is 11.4 Å². The minimum absolute atomic E-state index is 0.252. The predicted molar refractivity (Wildman–Crippen MR) is 121 cm³/mol. The minimum Gasteiger partial charge on any atom is -0.495 e. The van der Waals surface area contributed by atoms with Crippen LogP contribution < -0.4 is 10.2 Å². The Kier molecular flexibility index (Phi) is 6.41. The van der Waals surface area contributed by atoms with Gasteiger partial charge in [0.05, 0.1) is 19.0 Å². The van der Waals surface area contributed by atoms with Crippen LogP contribution in [-0.2, 0) is 0 Å². The average molecular weight is 508 g/mol. The molecule has 0 aliphatic carbocycles. The summed E-state index contributed by atoms with van der Waals surface area (Å²) in [6.07, 6.45) is 1.64. The number of methoxy groups -OCH3 is 1. The Morgan fingerprint density at radius 1 is 1.18 bits per heavy atom. The molecule has 1 amide bonds. The van der Waals surface area contributed by atoms with Gasteiger partial charge in [-0.15, -0.1) is 0 Å². The molecule has 1 heterocycles. The van der Waals surface area contributed by atoms with Gasteiger partial charge in [-0.05, 0) is 85.0 Å². The van der Waals surface area contributed by atoms with Crippen molar-refractivity contribution in [2.45, 2.75) is 13.8 Å². The van der Waals surface area contributed by atoms with E-state index in [0.29, 0.717) is 10.6 Å². The van der Waals surface area contributed by atoms with E-state index in [1.807, 2.05) is 48.7 Å². The summed E-state index contributed by atoms with van der Waals surface area (Å²) in [6, 6.07) is 14.8. The summed E-state index contributed by atoms with van der Waals surface area (Å²) < 4.78 is 8.59. The normalized spacial score (nSPS) is 11.0. The molecular weight excluding hydrogens is 489 g/mol. The molecule has 0 bridgehead atoms. The van der Waals surface area contributed by atoms with Crippen LogP contribution in [0.3, 0.4) is 0 Å². The van der Waals surface area contributed by atoms with E-state index in [2.05, 4.69) is 33.1 Å². The number of amides is 1. The largest absolute Gasteiger partial charge is 0.495 e. The van der Waals surface area contributed by atoms with E-state index in [1.54, 1.807) is 31.5 Å². The maximum Gasteiger partial charge on any atom is 0.271 e. The first kappa shape index (κ1) is 20.4. The number of benzene rings is 2. The summed E-state index contributed by atoms with van der Waals surface area (Å²) in [7, 11) is 1.63. The van der Waals surface area contributed by atoms with Gasteiger partial charge in [0.15, 0.2) is 0 Å². The van der Waals surface area contributed by atoms with Crippen molar-refractivity contribution in [1.82, 2.24) is 9.99 Å². The molecule has 0 aliphatic rings. The summed E-state index contributed by atoms with van der Waals surface area (Å²) in [5.41, 5.74) is 6.84. The second kappa shape index (κ2) is 8.79. The van der Waals surface area contributed by atoms with Gasteiger partial charge in [-0.1, -0.05) is 11.6 Å². The third kappa shape index (κ3) is 4.39. The van der Waals surface area contributed by atoms with Gasteiger partial charge >= 0.3 is 0 Å². The van der Waals surface area contributed by atoms with Crippen molar-refractivity contribution in [2.24, 2.45) is 5.10 Å². The standard InChI is InChI=1S/C21H19ClIN3O2/c1-13-10-16(12-24-25-21(27)15-4-7-18(23)8-5-15)14(2)26(13)19-11-17(22)6-9-20(19)28-3/h4-12H,1-3H3,(H,25,27)/b24-12-. The highest BCUT2D eigenvalue weighted by Crippen LogP contribution is 2.30. The Hall–Kier alpha value is -2.32. The summed E-state index contributed by atoms with van der Waals surface area (Å²) in [6.45, 7) is 3.98. The number of rotatable bonds is 5. The monoisotopic (exact) mass is 507 g/mol. The number of ether oxygens (including phenoxy) is 1. The second-order valence-electron chi connectivity index (χ2n) is 6.18. The number of hydrazone groups is 1. The fourth-order valence-corrected chi connectivity index (χ4v) is 3.48. The molecule has 0 atom stereocenters. The first-order valence-corrected chi connectivity index (χ1v) is 9.98. The number of aryl methyl sites for hydroxylation is 1. The Bertz CT molecular complexity index is 1040. The average Bonchev–Trinajstić information content (AvgIpc) is 2.95. The van der Waals surface area contributed by atoms with Crippen molar-refractivity contribution in [1.29, 1.82) is 0 Å². The third-order valence-corrected chi connectivity index (χ3v) is 5.28. The molecule has 7 heteroatoms. The smallest absolute Gasteiger partial charge is 0.271 e. The van der Waals surface area contributed by atoms with Crippen molar-refractivity contribution < 1.29 is 9.53 Å². The number of nitrogens with zero attached hydrogens (tertiary/aromatic N) is 2. The second-order valence-corrected chi connectivity index (χ2v) is 7.87. The lowest BCUT2D eigenvalue weighted by molar-refractivity contribution is 0.0955. The highest BCUT2D eigenvalue weighted by Gasteiger charge is 2.14. The number of hydrogen-bond acceptors (Lipinski definition) is 3. The van der Waals surface area contributed by atoms with Crippen LogP contribution in [0.1, 0.15) is 27.3 Å². The van der Waals surface area contributed by atoms with E-state index in [0.717, 1.165) is 32.0 Å². The summed E-state index contributed by atoms with van der Waals surface area (Å²) in [5.74, 6) is 0.472. The number of carbonyl (C=O) groups is 1. The van der Waals surface area contributed by atoms with Gasteiger partial charge in [0.25, 0.3) is 5.91 Å². The molecule has 1 aromatic heterocycles. The first-order chi connectivity index (χ1) is 13.4. The lowest BCUT2D eigenvalue weighted by atomic mass is 10.2. The Morgan fingerprint density at radius 2 is 1.89 bits per heavy atom. The zero-order valence-corrected chi connectivity index (χ0v) is 18.6. The van der Waals surface area contributed by atoms with Crippen LogP contribution in [0, 0.1) is 17.4 Å². The van der Waals surface area contributed by atoms with Crippen molar-refractivity contribution >= 4 is 46.3 Å². The predicted octanol–water partition coefficient (Wildman–Crippen LogP) is 5.12. The number of halogens is 2. The van der Waals surface area contributed by atoms with Crippen molar-refractivity contribution in [3.63, 3.8) is 0 Å². The number of nitrogens with one attached hydrogen (secondary N) is 1. The molecule has 1 N–H and O–H groups in total. The van der Waals surface area contributed by atoms with Gasteiger partial charge in [0, 0.05) is 31.1 Å². The zero-order valence-electron chi connectivity index (χ0n) is 15.7. The van der Waals surface area contributed by atoms with E-state index in [9.17, 15) is 4.79 Å². The topological polar surface area (TPSA) is 55.6 Å². The van der Waals surface area contributed by atoms with Gasteiger partial charge < -0.3 is 9.30 Å². The molecule has 28 heavy (non-hydrogen) atoms. The summed E-state index contributed by atoms with van der Waals surface area (Å²) in [4.78, 5) is 12.2. The Balaban J connectivity index is 1.84. The lowest BCUT2D eigenvalue weighted by Gasteiger charge is -2.14. The Labute approximate surface area is 182 Å². The third-order valence-electron chi connectivity index (χ3n) is 4.33. The molecule has 0 unspecified atom stereocenters. The molecule has 0 saturated heterocycles. The summed E-state index contributed by atoms with van der Waals surface area (Å²) >= 11 is 8.37. The zero-order chi connectivity index (χ0) is 20.3. The quantitative estimate of drug-likeness (QED) is 0.296. The SMILES string of the molecule is COc1ccc(Cl)cc1-n1c(C)cc(/C=N\NC(=O)c2ccc(I)cc2)c1C. The van der Waals surface area contributed by atoms with E-state index in [1.165, 1.54) is 0 Å². The van der Waals surface area contributed by atoms with E-state index < -0.39 is 0 Å². The van der Waals surface area contributed by atoms with Gasteiger partial charge in [0.2, 0.25) is 0 Å².